The molecule has 0 atom stereocenters. The number of pyridine rings is 1. The van der Waals surface area contributed by atoms with Crippen molar-refractivity contribution in [3.05, 3.63) is 69.6 Å². The molecular weight excluding hydrogens is 386 g/mol. The number of fused-ring (bicyclic) bond motifs is 1. The lowest BCUT2D eigenvalue weighted by Gasteiger charge is -2.28. The third-order valence-corrected chi connectivity index (χ3v) is 6.02. The van der Waals surface area contributed by atoms with Crippen molar-refractivity contribution in [3.63, 3.8) is 0 Å². The lowest BCUT2D eigenvalue weighted by Crippen LogP contribution is -2.32. The number of nitrogens with one attached hydrogen (secondary N) is 1. The summed E-state index contributed by atoms with van der Waals surface area (Å²) in [5.41, 5.74) is 7.87. The molecule has 0 spiro atoms. The van der Waals surface area contributed by atoms with E-state index in [1.165, 1.54) is 0 Å². The fourth-order valence-electron chi connectivity index (χ4n) is 3.95. The van der Waals surface area contributed by atoms with Crippen LogP contribution in [-0.4, -0.2) is 23.8 Å². The average Bonchev–Trinajstić information content (AvgIpc) is 2.73. The number of aromatic nitrogens is 1. The molecule has 0 bridgehead atoms. The Morgan fingerprint density at radius 2 is 1.86 bits per heavy atom. The van der Waals surface area contributed by atoms with Gasteiger partial charge < -0.3 is 20.4 Å². The standard InChI is InChI=1S/C23H26ClN3O2/c1-29-19-8-2-15(3-9-19)14-27-11-10-16-12-22(21(24)13-20(16)23(27)28)26-18-6-4-17(25)5-7-18/h2-3,8-13,17-18,26H,4-7,14,25H2,1H3/t17-,18-. The number of hydrogen-bond acceptors (Lipinski definition) is 4. The normalized spacial score (nSPS) is 19.3. The largest absolute Gasteiger partial charge is 0.497 e. The van der Waals surface area contributed by atoms with Gasteiger partial charge in [-0.25, -0.2) is 0 Å². The average molecular weight is 412 g/mol. The highest BCUT2D eigenvalue weighted by molar-refractivity contribution is 6.34. The van der Waals surface area contributed by atoms with Gasteiger partial charge >= 0.3 is 0 Å². The molecule has 4 rings (SSSR count). The number of nitrogens with zero attached hydrogens (tertiary/aromatic N) is 1. The highest BCUT2D eigenvalue weighted by atomic mass is 35.5. The molecule has 1 aliphatic rings. The molecule has 1 aromatic heterocycles. The third-order valence-electron chi connectivity index (χ3n) is 5.71. The Morgan fingerprint density at radius 1 is 1.14 bits per heavy atom. The molecule has 1 fully saturated rings. The molecule has 0 unspecified atom stereocenters. The first kappa shape index (κ1) is 19.8. The van der Waals surface area contributed by atoms with Crippen molar-refractivity contribution in [1.29, 1.82) is 0 Å². The van der Waals surface area contributed by atoms with E-state index in [1.54, 1.807) is 17.7 Å². The van der Waals surface area contributed by atoms with Crippen molar-refractivity contribution >= 4 is 28.1 Å². The van der Waals surface area contributed by atoms with Crippen molar-refractivity contribution < 1.29 is 4.74 Å². The van der Waals surface area contributed by atoms with Gasteiger partial charge in [0.2, 0.25) is 0 Å². The minimum Gasteiger partial charge on any atom is -0.497 e. The molecule has 29 heavy (non-hydrogen) atoms. The van der Waals surface area contributed by atoms with E-state index in [1.807, 2.05) is 42.6 Å². The first-order valence-electron chi connectivity index (χ1n) is 10.0. The van der Waals surface area contributed by atoms with Crippen molar-refractivity contribution in [2.75, 3.05) is 12.4 Å². The summed E-state index contributed by atoms with van der Waals surface area (Å²) in [5, 5.41) is 5.63. The van der Waals surface area contributed by atoms with Gasteiger partial charge in [-0.2, -0.15) is 0 Å². The topological polar surface area (TPSA) is 69.3 Å². The zero-order chi connectivity index (χ0) is 20.4. The SMILES string of the molecule is COc1ccc(Cn2ccc3cc(N[C@H]4CC[C@H](N)CC4)c(Cl)cc3c2=O)cc1. The van der Waals surface area contributed by atoms with E-state index in [-0.39, 0.29) is 5.56 Å². The number of halogens is 1. The molecule has 0 amide bonds. The number of anilines is 1. The molecule has 1 heterocycles. The maximum atomic E-state index is 13.0. The highest BCUT2D eigenvalue weighted by Crippen LogP contribution is 2.30. The predicted octanol–water partition coefficient (Wildman–Crippen LogP) is 4.39. The second kappa shape index (κ2) is 8.47. The van der Waals surface area contributed by atoms with E-state index in [0.29, 0.717) is 29.0 Å². The number of nitrogens with two attached hydrogens (primary N) is 1. The van der Waals surface area contributed by atoms with Crippen LogP contribution in [0.4, 0.5) is 5.69 Å². The van der Waals surface area contributed by atoms with Gasteiger partial charge in [-0.3, -0.25) is 4.79 Å². The highest BCUT2D eigenvalue weighted by Gasteiger charge is 2.19. The third kappa shape index (κ3) is 4.41. The lowest BCUT2D eigenvalue weighted by molar-refractivity contribution is 0.411. The van der Waals surface area contributed by atoms with E-state index in [2.05, 4.69) is 5.32 Å². The quantitative estimate of drug-likeness (QED) is 0.653. The summed E-state index contributed by atoms with van der Waals surface area (Å²) in [4.78, 5) is 13.0. The zero-order valence-corrected chi connectivity index (χ0v) is 17.3. The monoisotopic (exact) mass is 411 g/mol. The van der Waals surface area contributed by atoms with Gasteiger partial charge in [-0.05, 0) is 67.0 Å². The van der Waals surface area contributed by atoms with Gasteiger partial charge in [0.25, 0.3) is 5.56 Å². The van der Waals surface area contributed by atoms with E-state index >= 15 is 0 Å². The van der Waals surface area contributed by atoms with Crippen molar-refractivity contribution in [3.8, 4) is 5.75 Å². The first-order valence-corrected chi connectivity index (χ1v) is 10.4. The number of hydrogen-bond donors (Lipinski definition) is 2. The van der Waals surface area contributed by atoms with Crippen molar-refractivity contribution in [1.82, 2.24) is 4.57 Å². The molecule has 0 radical (unpaired) electrons. The summed E-state index contributed by atoms with van der Waals surface area (Å²) in [6.07, 6.45) is 5.97. The molecule has 1 aliphatic carbocycles. The molecule has 6 heteroatoms. The molecule has 152 valence electrons. The van der Waals surface area contributed by atoms with Crippen LogP contribution in [0, 0.1) is 0 Å². The summed E-state index contributed by atoms with van der Waals surface area (Å²) in [5.74, 6) is 0.798. The number of rotatable bonds is 5. The van der Waals surface area contributed by atoms with Gasteiger partial charge in [0.05, 0.1) is 24.4 Å². The van der Waals surface area contributed by atoms with Crippen LogP contribution in [-0.2, 0) is 6.54 Å². The van der Waals surface area contributed by atoms with Crippen LogP contribution in [0.5, 0.6) is 5.75 Å². The summed E-state index contributed by atoms with van der Waals surface area (Å²) in [6, 6.07) is 14.1. The fraction of sp³-hybridized carbons (Fsp3) is 0.348. The minimum absolute atomic E-state index is 0.0459. The van der Waals surface area contributed by atoms with Crippen LogP contribution in [0.15, 0.2) is 53.5 Å². The summed E-state index contributed by atoms with van der Waals surface area (Å²) in [7, 11) is 1.64. The Morgan fingerprint density at radius 3 is 2.55 bits per heavy atom. The van der Waals surface area contributed by atoms with Crippen LogP contribution in [0.25, 0.3) is 10.8 Å². The molecular formula is C23H26ClN3O2. The second-order valence-corrected chi connectivity index (χ2v) is 8.18. The maximum Gasteiger partial charge on any atom is 0.258 e. The van der Waals surface area contributed by atoms with Gasteiger partial charge in [0, 0.05) is 23.7 Å². The molecule has 1 saturated carbocycles. The molecule has 2 aromatic carbocycles. The minimum atomic E-state index is -0.0459. The second-order valence-electron chi connectivity index (χ2n) is 7.77. The van der Waals surface area contributed by atoms with Crippen molar-refractivity contribution in [2.45, 2.75) is 44.3 Å². The smallest absolute Gasteiger partial charge is 0.258 e. The first-order chi connectivity index (χ1) is 14.0. The van der Waals surface area contributed by atoms with E-state index in [0.717, 1.165) is 48.1 Å². The lowest BCUT2D eigenvalue weighted by atomic mass is 9.91. The van der Waals surface area contributed by atoms with Crippen LogP contribution in [0.1, 0.15) is 31.2 Å². The van der Waals surface area contributed by atoms with Crippen LogP contribution < -0.4 is 21.3 Å². The Hall–Kier alpha value is -2.50. The van der Waals surface area contributed by atoms with E-state index < -0.39 is 0 Å². The molecule has 3 N–H and O–H groups in total. The number of benzene rings is 2. The number of methoxy groups -OCH3 is 1. The summed E-state index contributed by atoms with van der Waals surface area (Å²) >= 11 is 6.52. The molecule has 5 nitrogen and oxygen atoms in total. The van der Waals surface area contributed by atoms with Crippen molar-refractivity contribution in [2.24, 2.45) is 5.73 Å². The Balaban J connectivity index is 1.58. The number of ether oxygens (including phenoxy) is 1. The molecule has 0 aliphatic heterocycles. The Bertz CT molecular complexity index is 1050. The van der Waals surface area contributed by atoms with E-state index in [4.69, 9.17) is 22.1 Å². The van der Waals surface area contributed by atoms with Gasteiger partial charge in [0.15, 0.2) is 0 Å². The Kier molecular flexibility index (Phi) is 5.79. The van der Waals surface area contributed by atoms with Gasteiger partial charge in [0.1, 0.15) is 5.75 Å². The fourth-order valence-corrected chi connectivity index (χ4v) is 4.17. The van der Waals surface area contributed by atoms with Gasteiger partial charge in [-0.15, -0.1) is 0 Å². The van der Waals surface area contributed by atoms with Crippen LogP contribution in [0.3, 0.4) is 0 Å². The maximum absolute atomic E-state index is 13.0. The zero-order valence-electron chi connectivity index (χ0n) is 16.5. The Labute approximate surface area is 175 Å². The van der Waals surface area contributed by atoms with Gasteiger partial charge in [-0.1, -0.05) is 23.7 Å². The molecule has 0 saturated heterocycles. The van der Waals surface area contributed by atoms with Crippen LogP contribution in [0.2, 0.25) is 5.02 Å². The molecule has 3 aromatic rings. The van der Waals surface area contributed by atoms with E-state index in [9.17, 15) is 4.79 Å². The summed E-state index contributed by atoms with van der Waals surface area (Å²) < 4.78 is 6.89. The predicted molar refractivity (Wildman–Crippen MR) is 119 cm³/mol. The summed E-state index contributed by atoms with van der Waals surface area (Å²) in [6.45, 7) is 0.499. The van der Waals surface area contributed by atoms with Crippen LogP contribution >= 0.6 is 11.6 Å².